The van der Waals surface area contributed by atoms with E-state index in [4.69, 9.17) is 13.8 Å². The van der Waals surface area contributed by atoms with E-state index in [-0.39, 0.29) is 51.8 Å². The molecule has 4 atom stereocenters. The molecule has 1 saturated heterocycles. The van der Waals surface area contributed by atoms with Crippen molar-refractivity contribution in [1.82, 2.24) is 15.5 Å². The fourth-order valence-electron chi connectivity index (χ4n) is 4.48. The van der Waals surface area contributed by atoms with Crippen LogP contribution in [0, 0.1) is 0 Å². The number of unbranched alkanes of at least 4 members (excludes halogenated alkanes) is 2. The number of hydrogen-bond acceptors (Lipinski definition) is 8. The Hall–Kier alpha value is -3.16. The number of carbonyl (C=O) groups is 4. The molecule has 3 N–H and O–H groups in total. The van der Waals surface area contributed by atoms with Gasteiger partial charge in [-0.1, -0.05) is 50.1 Å². The Kier molecular flexibility index (Phi) is 14.4. The topological polar surface area (TPSA) is 161 Å². The van der Waals surface area contributed by atoms with Crippen molar-refractivity contribution in [2.45, 2.75) is 89.0 Å². The first kappa shape index (κ1) is 36.0. The van der Waals surface area contributed by atoms with Crippen LogP contribution in [0.25, 0.3) is 0 Å². The fraction of sp³-hybridized carbons (Fsp3) is 0.630. The van der Waals surface area contributed by atoms with E-state index in [1.54, 1.807) is 35.6 Å². The van der Waals surface area contributed by atoms with Gasteiger partial charge in [0.15, 0.2) is 0 Å². The molecule has 1 aliphatic rings. The molecule has 0 radical (unpaired) electrons. The summed E-state index contributed by atoms with van der Waals surface area (Å²) in [6, 6.07) is 7.70. The summed E-state index contributed by atoms with van der Waals surface area (Å²) in [5.74, 6) is -5.33. The molecule has 0 bridgehead atoms. The van der Waals surface area contributed by atoms with Gasteiger partial charge in [0, 0.05) is 20.2 Å². The van der Waals surface area contributed by atoms with E-state index >= 15 is 0 Å². The first-order valence-electron chi connectivity index (χ1n) is 14.0. The third-order valence-electron chi connectivity index (χ3n) is 6.77. The Morgan fingerprint density at radius 2 is 1.81 bits per heavy atom. The van der Waals surface area contributed by atoms with Crippen molar-refractivity contribution in [3.05, 3.63) is 35.9 Å². The van der Waals surface area contributed by atoms with Crippen LogP contribution in [-0.2, 0) is 39.3 Å². The predicted molar refractivity (Wildman–Crippen MR) is 148 cm³/mol. The van der Waals surface area contributed by atoms with Gasteiger partial charge in [0.2, 0.25) is 0 Å². The standard InChI is InChI=1S/C27H39F3N3O9P/c1-3-4-15-22(32-26(38)41-18-19-11-6-5-7-12-19)43(39,40-2)42-21(14-8-9-16-31-25(37)27(28,29)30)23(34)33-17-10-13-20(33)24(35)36/h5-7,11-12,20-22H,3-4,8-10,13-18H2,1-2H3,(H,31,37)(H,32,38)(H,35,36)/t20-,21?,22-,43?/m0/s1. The monoisotopic (exact) mass is 637 g/mol. The van der Waals surface area contributed by atoms with Crippen LogP contribution in [0.4, 0.5) is 18.0 Å². The normalized spacial score (nSPS) is 17.9. The van der Waals surface area contributed by atoms with Gasteiger partial charge in [-0.05, 0) is 44.1 Å². The quantitative estimate of drug-likeness (QED) is 0.164. The van der Waals surface area contributed by atoms with Gasteiger partial charge in [-0.25, -0.2) is 9.59 Å². The van der Waals surface area contributed by atoms with Gasteiger partial charge in [-0.3, -0.25) is 18.7 Å². The number of carboxylic acid groups (broad SMARTS) is 1. The molecule has 43 heavy (non-hydrogen) atoms. The second-order valence-corrected chi connectivity index (χ2v) is 12.2. The number of rotatable bonds is 17. The second-order valence-electron chi connectivity index (χ2n) is 9.96. The molecular formula is C27H39F3N3O9P. The van der Waals surface area contributed by atoms with E-state index in [2.05, 4.69) is 5.32 Å². The Morgan fingerprint density at radius 1 is 1.12 bits per heavy atom. The third kappa shape index (κ3) is 11.5. The highest BCUT2D eigenvalue weighted by Gasteiger charge is 2.44. The van der Waals surface area contributed by atoms with E-state index in [0.29, 0.717) is 24.8 Å². The minimum Gasteiger partial charge on any atom is -0.480 e. The van der Waals surface area contributed by atoms with E-state index in [9.17, 15) is 42.0 Å². The van der Waals surface area contributed by atoms with Gasteiger partial charge in [0.1, 0.15) is 24.5 Å². The maximum absolute atomic E-state index is 14.0. The van der Waals surface area contributed by atoms with E-state index < -0.39 is 55.6 Å². The van der Waals surface area contributed by atoms with Gasteiger partial charge in [-0.2, -0.15) is 13.2 Å². The number of hydrogen-bond donors (Lipinski definition) is 3. The number of ether oxygens (including phenoxy) is 1. The number of benzene rings is 1. The van der Waals surface area contributed by atoms with Gasteiger partial charge in [0.05, 0.1) is 0 Å². The summed E-state index contributed by atoms with van der Waals surface area (Å²) < 4.78 is 67.8. The largest absolute Gasteiger partial charge is 0.480 e. The van der Waals surface area contributed by atoms with Crippen LogP contribution in [0.15, 0.2) is 30.3 Å². The zero-order valence-electron chi connectivity index (χ0n) is 24.1. The van der Waals surface area contributed by atoms with Crippen molar-refractivity contribution in [3.63, 3.8) is 0 Å². The number of halogens is 3. The molecular weight excluding hydrogens is 598 g/mol. The number of likely N-dealkylation sites (tertiary alicyclic amines) is 1. The number of amides is 3. The van der Waals surface area contributed by atoms with E-state index in [1.165, 1.54) is 0 Å². The van der Waals surface area contributed by atoms with Crippen LogP contribution in [-0.4, -0.2) is 78.2 Å². The third-order valence-corrected chi connectivity index (χ3v) is 8.98. The summed E-state index contributed by atoms with van der Waals surface area (Å²) in [5, 5.41) is 13.8. The number of nitrogens with zero attached hydrogens (tertiary/aromatic N) is 1. The van der Waals surface area contributed by atoms with Gasteiger partial charge >= 0.3 is 31.7 Å². The lowest BCUT2D eigenvalue weighted by Crippen LogP contribution is -2.47. The lowest BCUT2D eigenvalue weighted by Gasteiger charge is -2.32. The zero-order chi connectivity index (χ0) is 32.0. The Labute approximate surface area is 248 Å². The number of aliphatic carboxylic acids is 1. The average Bonchev–Trinajstić information content (AvgIpc) is 3.47. The first-order chi connectivity index (χ1) is 20.3. The van der Waals surface area contributed by atoms with Crippen LogP contribution >= 0.6 is 7.60 Å². The SMILES string of the molecule is CCCC[C@@H](NC(=O)OCc1ccccc1)P(=O)(OC)OC(CCCCNC(=O)C(F)(F)F)C(=O)N1CCC[C@H]1C(=O)O. The molecule has 2 unspecified atom stereocenters. The van der Waals surface area contributed by atoms with Crippen molar-refractivity contribution in [2.24, 2.45) is 0 Å². The lowest BCUT2D eigenvalue weighted by molar-refractivity contribution is -0.173. The molecule has 2 rings (SSSR count). The van der Waals surface area contributed by atoms with Crippen molar-refractivity contribution in [1.29, 1.82) is 0 Å². The molecule has 12 nitrogen and oxygen atoms in total. The van der Waals surface area contributed by atoms with E-state index in [0.717, 1.165) is 12.0 Å². The molecule has 0 aliphatic carbocycles. The summed E-state index contributed by atoms with van der Waals surface area (Å²) in [6.07, 6.45) is -5.67. The Balaban J connectivity index is 2.20. The fourth-order valence-corrected chi connectivity index (χ4v) is 6.28. The predicted octanol–water partition coefficient (Wildman–Crippen LogP) is 4.58. The number of alkyl carbamates (subject to hydrolysis) is 1. The molecule has 1 aliphatic heterocycles. The summed E-state index contributed by atoms with van der Waals surface area (Å²) in [4.78, 5) is 50.1. The van der Waals surface area contributed by atoms with Crippen LogP contribution in [0.1, 0.15) is 63.9 Å². The average molecular weight is 638 g/mol. The molecule has 0 saturated carbocycles. The number of carboxylic acids is 1. The zero-order valence-corrected chi connectivity index (χ0v) is 25.0. The highest BCUT2D eigenvalue weighted by atomic mass is 31.2. The summed E-state index contributed by atoms with van der Waals surface area (Å²) in [6.45, 7) is 1.56. The molecule has 242 valence electrons. The smallest absolute Gasteiger partial charge is 0.471 e. The van der Waals surface area contributed by atoms with Crippen LogP contribution in [0.3, 0.4) is 0 Å². The second kappa shape index (κ2) is 17.2. The Morgan fingerprint density at radius 3 is 2.42 bits per heavy atom. The highest BCUT2D eigenvalue weighted by Crippen LogP contribution is 2.54. The molecule has 0 spiro atoms. The van der Waals surface area contributed by atoms with Crippen molar-refractivity contribution in [3.8, 4) is 0 Å². The van der Waals surface area contributed by atoms with Crippen molar-refractivity contribution < 1.29 is 55.8 Å². The maximum atomic E-state index is 14.0. The minimum absolute atomic E-state index is 0.0118. The molecule has 1 fully saturated rings. The molecule has 16 heteroatoms. The van der Waals surface area contributed by atoms with Gasteiger partial charge in [-0.15, -0.1) is 0 Å². The highest BCUT2D eigenvalue weighted by molar-refractivity contribution is 7.54. The molecule has 0 aromatic heterocycles. The maximum Gasteiger partial charge on any atom is 0.471 e. The minimum atomic E-state index is -5.04. The molecule has 1 heterocycles. The number of alkyl halides is 3. The number of carbonyl (C=O) groups excluding carboxylic acids is 3. The summed E-state index contributed by atoms with van der Waals surface area (Å²) in [5.41, 5.74) is 0.713. The first-order valence-corrected chi connectivity index (χ1v) is 15.6. The summed E-state index contributed by atoms with van der Waals surface area (Å²) in [7, 11) is -3.22. The Bertz CT molecular complexity index is 1120. The molecule has 3 amide bonds. The molecule has 1 aromatic rings. The van der Waals surface area contributed by atoms with Crippen LogP contribution in [0.5, 0.6) is 0 Å². The van der Waals surface area contributed by atoms with E-state index in [1.807, 2.05) is 6.92 Å². The van der Waals surface area contributed by atoms with Gasteiger partial charge in [0.25, 0.3) is 5.91 Å². The summed E-state index contributed by atoms with van der Waals surface area (Å²) >= 11 is 0. The van der Waals surface area contributed by atoms with Gasteiger partial charge < -0.3 is 29.9 Å². The van der Waals surface area contributed by atoms with Crippen molar-refractivity contribution in [2.75, 3.05) is 20.2 Å². The van der Waals surface area contributed by atoms with Crippen LogP contribution in [0.2, 0.25) is 0 Å². The lowest BCUT2D eigenvalue weighted by atomic mass is 10.1. The number of nitrogens with one attached hydrogen (secondary N) is 2. The van der Waals surface area contributed by atoms with Crippen molar-refractivity contribution >= 4 is 31.5 Å². The molecule has 1 aromatic carbocycles. The van der Waals surface area contributed by atoms with Crippen LogP contribution < -0.4 is 10.6 Å².